The zero-order chi connectivity index (χ0) is 28.5. The summed E-state index contributed by atoms with van der Waals surface area (Å²) in [4.78, 5) is 2.38. The van der Waals surface area contributed by atoms with Gasteiger partial charge in [-0.15, -0.1) is 0 Å². The first-order valence-corrected chi connectivity index (χ1v) is 17.2. The van der Waals surface area contributed by atoms with E-state index in [2.05, 4.69) is 39.5 Å². The minimum absolute atomic E-state index is 0.994. The maximum absolute atomic E-state index is 8.74. The Kier molecular flexibility index (Phi) is 39.9. The highest BCUT2D eigenvalue weighted by Gasteiger charge is 1.95. The zero-order valence-electron chi connectivity index (χ0n) is 25.7. The molecule has 228 valence electrons. The third-order valence-corrected chi connectivity index (χ3v) is 6.63. The minimum Gasteiger partial charge on any atom is -0.381 e. The van der Waals surface area contributed by atoms with Gasteiger partial charge < -0.3 is 9.64 Å². The number of hydrogen-bond acceptors (Lipinski definition) is 4. The molecule has 2 N–H and O–H groups in total. The summed E-state index contributed by atoms with van der Waals surface area (Å²) in [5, 5.41) is 0. The Bertz CT molecular complexity index is 449. The van der Waals surface area contributed by atoms with Gasteiger partial charge >= 0.3 is 10.4 Å². The Morgan fingerprint density at radius 3 is 0.865 bits per heavy atom. The quantitative estimate of drug-likeness (QED) is 0.0864. The molecule has 0 aromatic rings. The van der Waals surface area contributed by atoms with Crippen molar-refractivity contribution in [1.29, 1.82) is 0 Å². The van der Waals surface area contributed by atoms with E-state index in [1.165, 1.54) is 148 Å². The number of hydrogen-bond donors (Lipinski definition) is 2. The van der Waals surface area contributed by atoms with E-state index in [9.17, 15) is 0 Å². The van der Waals surface area contributed by atoms with Crippen LogP contribution in [0.2, 0.25) is 0 Å². The lowest BCUT2D eigenvalue weighted by molar-refractivity contribution is 0.125. The van der Waals surface area contributed by atoms with Crippen LogP contribution >= 0.6 is 0 Å². The molecule has 0 aliphatic heterocycles. The van der Waals surface area contributed by atoms with Gasteiger partial charge in [-0.05, 0) is 32.5 Å². The predicted octanol–water partition coefficient (Wildman–Crippen LogP) is 9.54. The molecule has 7 heteroatoms. The molecule has 0 spiro atoms. The number of nitrogens with zero attached hydrogens (tertiary/aromatic N) is 1. The van der Waals surface area contributed by atoms with E-state index in [0.717, 1.165) is 13.2 Å². The number of rotatable bonds is 25. The summed E-state index contributed by atoms with van der Waals surface area (Å²) in [6, 6.07) is 0. The van der Waals surface area contributed by atoms with E-state index in [1.807, 2.05) is 0 Å². The van der Waals surface area contributed by atoms with Gasteiger partial charge in [0.15, 0.2) is 0 Å². The van der Waals surface area contributed by atoms with Crippen molar-refractivity contribution in [3.63, 3.8) is 0 Å². The van der Waals surface area contributed by atoms with Gasteiger partial charge in [0, 0.05) is 13.2 Å². The fraction of sp³-hybridized carbons (Fsp3) is 1.00. The van der Waals surface area contributed by atoms with Gasteiger partial charge in [0.1, 0.15) is 0 Å². The SMILES string of the molecule is CCCCCCCCCCCCOCCCCCCCCCCCC.CCN(CC)CC.O=S(=O)(O)O. The molecule has 0 saturated carbocycles. The summed E-state index contributed by atoms with van der Waals surface area (Å²) in [5.41, 5.74) is 0. The molecule has 0 bridgehead atoms. The van der Waals surface area contributed by atoms with Gasteiger partial charge in [-0.3, -0.25) is 9.11 Å². The van der Waals surface area contributed by atoms with Crippen LogP contribution in [0.15, 0.2) is 0 Å². The molecule has 0 radical (unpaired) electrons. The molecule has 0 unspecified atom stereocenters. The molecule has 0 amide bonds. The van der Waals surface area contributed by atoms with Crippen molar-refractivity contribution in [3.8, 4) is 0 Å². The Balaban J connectivity index is -0.000000790. The van der Waals surface area contributed by atoms with E-state index < -0.39 is 10.4 Å². The molecule has 0 fully saturated rings. The van der Waals surface area contributed by atoms with Crippen molar-refractivity contribution in [1.82, 2.24) is 4.90 Å². The number of unbranched alkanes of at least 4 members (excludes halogenated alkanes) is 18. The predicted molar refractivity (Wildman–Crippen MR) is 162 cm³/mol. The molecule has 0 rings (SSSR count). The summed E-state index contributed by atoms with van der Waals surface area (Å²) >= 11 is 0. The van der Waals surface area contributed by atoms with Crippen LogP contribution in [-0.4, -0.2) is 55.3 Å². The molecule has 0 atom stereocenters. The van der Waals surface area contributed by atoms with Crippen LogP contribution in [-0.2, 0) is 15.1 Å². The molecule has 0 aliphatic carbocycles. The van der Waals surface area contributed by atoms with Gasteiger partial charge in [0.25, 0.3) is 0 Å². The second-order valence-electron chi connectivity index (χ2n) is 10.0. The topological polar surface area (TPSA) is 87.1 Å². The van der Waals surface area contributed by atoms with Gasteiger partial charge in [-0.2, -0.15) is 8.42 Å². The Morgan fingerprint density at radius 1 is 0.459 bits per heavy atom. The lowest BCUT2D eigenvalue weighted by Crippen LogP contribution is -2.21. The van der Waals surface area contributed by atoms with Crippen LogP contribution in [0.1, 0.15) is 163 Å². The summed E-state index contributed by atoms with van der Waals surface area (Å²) in [7, 11) is -4.67. The van der Waals surface area contributed by atoms with E-state index in [4.69, 9.17) is 22.3 Å². The molecule has 0 aromatic heterocycles. The van der Waals surface area contributed by atoms with Crippen LogP contribution in [0.4, 0.5) is 0 Å². The van der Waals surface area contributed by atoms with E-state index in [-0.39, 0.29) is 0 Å². The smallest absolute Gasteiger partial charge is 0.381 e. The Morgan fingerprint density at radius 2 is 0.676 bits per heavy atom. The van der Waals surface area contributed by atoms with Crippen LogP contribution in [0.5, 0.6) is 0 Å². The monoisotopic (exact) mass is 553 g/mol. The lowest BCUT2D eigenvalue weighted by Gasteiger charge is -2.13. The third-order valence-electron chi connectivity index (χ3n) is 6.63. The largest absolute Gasteiger partial charge is 0.394 e. The minimum atomic E-state index is -4.67. The van der Waals surface area contributed by atoms with Crippen LogP contribution in [0.3, 0.4) is 0 Å². The summed E-state index contributed by atoms with van der Waals surface area (Å²) in [6.45, 7) is 16.7. The Hall–Kier alpha value is -0.210. The molecular formula is C30H67NO5S. The standard InChI is InChI=1S/C24H50O.C6H15N.H2O4S/c1-3-5-7-9-11-13-15-17-19-21-23-25-24-22-20-18-16-14-12-10-8-6-4-2;1-4-7(5-2)6-3;1-5(2,3)4/h3-24H2,1-2H3;4-6H2,1-3H3;(H2,1,2,3,4). The molecule has 6 nitrogen and oxygen atoms in total. The van der Waals surface area contributed by atoms with Crippen molar-refractivity contribution in [2.45, 2.75) is 163 Å². The van der Waals surface area contributed by atoms with E-state index in [1.54, 1.807) is 0 Å². The second-order valence-corrected chi connectivity index (χ2v) is 10.9. The summed E-state index contributed by atoms with van der Waals surface area (Å²) < 4.78 is 37.4. The van der Waals surface area contributed by atoms with Gasteiger partial charge in [0.05, 0.1) is 0 Å². The van der Waals surface area contributed by atoms with E-state index >= 15 is 0 Å². The first-order valence-electron chi connectivity index (χ1n) is 15.8. The van der Waals surface area contributed by atoms with Crippen molar-refractivity contribution in [3.05, 3.63) is 0 Å². The average molecular weight is 554 g/mol. The van der Waals surface area contributed by atoms with Gasteiger partial charge in [-0.25, -0.2) is 0 Å². The van der Waals surface area contributed by atoms with Gasteiger partial charge in [0.2, 0.25) is 0 Å². The average Bonchev–Trinajstić information content (AvgIpc) is 2.85. The van der Waals surface area contributed by atoms with Crippen LogP contribution in [0.25, 0.3) is 0 Å². The summed E-state index contributed by atoms with van der Waals surface area (Å²) in [6.07, 6.45) is 28.2. The van der Waals surface area contributed by atoms with Crippen molar-refractivity contribution in [2.24, 2.45) is 0 Å². The van der Waals surface area contributed by atoms with Crippen LogP contribution < -0.4 is 0 Å². The molecule has 37 heavy (non-hydrogen) atoms. The molecule has 0 aromatic carbocycles. The highest BCUT2D eigenvalue weighted by molar-refractivity contribution is 7.79. The van der Waals surface area contributed by atoms with Crippen molar-refractivity contribution >= 4 is 10.4 Å². The van der Waals surface area contributed by atoms with Crippen molar-refractivity contribution in [2.75, 3.05) is 32.8 Å². The maximum Gasteiger partial charge on any atom is 0.394 e. The van der Waals surface area contributed by atoms with Gasteiger partial charge in [-0.1, -0.05) is 150 Å². The fourth-order valence-corrected chi connectivity index (χ4v) is 4.16. The second kappa shape index (κ2) is 35.8. The Labute approximate surface area is 233 Å². The summed E-state index contributed by atoms with van der Waals surface area (Å²) in [5.74, 6) is 0. The highest BCUT2D eigenvalue weighted by Crippen LogP contribution is 2.12. The first kappa shape index (κ1) is 41.3. The van der Waals surface area contributed by atoms with Crippen LogP contribution in [0, 0.1) is 0 Å². The van der Waals surface area contributed by atoms with Crippen molar-refractivity contribution < 1.29 is 22.3 Å². The lowest BCUT2D eigenvalue weighted by atomic mass is 10.1. The third kappa shape index (κ3) is 52.9. The molecule has 0 heterocycles. The fourth-order valence-electron chi connectivity index (χ4n) is 4.16. The maximum atomic E-state index is 8.74. The number of ether oxygens (including phenoxy) is 1. The molecular weight excluding hydrogens is 486 g/mol. The highest BCUT2D eigenvalue weighted by atomic mass is 32.3. The zero-order valence-corrected chi connectivity index (χ0v) is 26.5. The normalized spacial score (nSPS) is 11.1. The molecule has 0 aliphatic rings. The molecule has 0 saturated heterocycles. The first-order chi connectivity index (χ1) is 17.8. The van der Waals surface area contributed by atoms with E-state index in [0.29, 0.717) is 0 Å².